The van der Waals surface area contributed by atoms with Gasteiger partial charge in [-0.1, -0.05) is 30.3 Å². The number of carbonyl (C=O) groups is 1. The number of amides is 1. The van der Waals surface area contributed by atoms with Gasteiger partial charge in [-0.3, -0.25) is 9.78 Å². The summed E-state index contributed by atoms with van der Waals surface area (Å²) in [4.78, 5) is 16.5. The van der Waals surface area contributed by atoms with Crippen LogP contribution < -0.4 is 5.32 Å². The standard InChI is InChI=1S/C20H15N3O/c21-13-15-4-6-16(7-5-15)14-23-20(24)18-10-8-17(9-11-18)19-3-1-2-12-22-19/h1-12H,14H2,(H,23,24). The van der Waals surface area contributed by atoms with E-state index in [4.69, 9.17) is 5.26 Å². The Morgan fingerprint density at radius 1 is 1.00 bits per heavy atom. The number of hydrogen-bond donors (Lipinski definition) is 1. The van der Waals surface area contributed by atoms with Crippen molar-refractivity contribution in [1.82, 2.24) is 10.3 Å². The zero-order chi connectivity index (χ0) is 16.8. The predicted molar refractivity (Wildman–Crippen MR) is 92.0 cm³/mol. The van der Waals surface area contributed by atoms with Gasteiger partial charge in [-0.25, -0.2) is 0 Å². The van der Waals surface area contributed by atoms with Crippen LogP contribution in [0.5, 0.6) is 0 Å². The first-order valence-corrected chi connectivity index (χ1v) is 7.55. The second-order valence-electron chi connectivity index (χ2n) is 5.28. The summed E-state index contributed by atoms with van der Waals surface area (Å²) in [5, 5.41) is 11.7. The van der Waals surface area contributed by atoms with Crippen molar-refractivity contribution in [3.05, 3.63) is 89.6 Å². The van der Waals surface area contributed by atoms with Gasteiger partial charge in [0.15, 0.2) is 0 Å². The number of carbonyl (C=O) groups excluding carboxylic acids is 1. The fourth-order valence-electron chi connectivity index (χ4n) is 2.31. The molecule has 4 nitrogen and oxygen atoms in total. The number of nitriles is 1. The van der Waals surface area contributed by atoms with Crippen molar-refractivity contribution in [3.8, 4) is 17.3 Å². The number of nitrogens with one attached hydrogen (secondary N) is 1. The van der Waals surface area contributed by atoms with Gasteiger partial charge < -0.3 is 5.32 Å². The fourth-order valence-corrected chi connectivity index (χ4v) is 2.31. The minimum atomic E-state index is -0.132. The Morgan fingerprint density at radius 3 is 2.38 bits per heavy atom. The van der Waals surface area contributed by atoms with E-state index in [1.54, 1.807) is 30.5 Å². The van der Waals surface area contributed by atoms with Crippen LogP contribution in [0, 0.1) is 11.3 Å². The summed E-state index contributed by atoms with van der Waals surface area (Å²) in [5.74, 6) is -0.132. The topological polar surface area (TPSA) is 65.8 Å². The Morgan fingerprint density at radius 2 is 1.75 bits per heavy atom. The number of hydrogen-bond acceptors (Lipinski definition) is 3. The summed E-state index contributed by atoms with van der Waals surface area (Å²) >= 11 is 0. The lowest BCUT2D eigenvalue weighted by molar-refractivity contribution is 0.0951. The molecular weight excluding hydrogens is 298 g/mol. The van der Waals surface area contributed by atoms with Crippen molar-refractivity contribution in [2.45, 2.75) is 6.54 Å². The molecule has 1 amide bonds. The maximum Gasteiger partial charge on any atom is 0.251 e. The third-order valence-electron chi connectivity index (χ3n) is 3.64. The third kappa shape index (κ3) is 3.65. The molecule has 0 saturated carbocycles. The molecule has 0 aliphatic rings. The predicted octanol–water partition coefficient (Wildman–Crippen LogP) is 3.55. The molecule has 0 fully saturated rings. The Labute approximate surface area is 140 Å². The minimum Gasteiger partial charge on any atom is -0.348 e. The smallest absolute Gasteiger partial charge is 0.251 e. The SMILES string of the molecule is N#Cc1ccc(CNC(=O)c2ccc(-c3ccccn3)cc2)cc1. The van der Waals surface area contributed by atoms with Crippen LogP contribution in [0.1, 0.15) is 21.5 Å². The quantitative estimate of drug-likeness (QED) is 0.801. The first-order chi connectivity index (χ1) is 11.8. The number of pyridine rings is 1. The van der Waals surface area contributed by atoms with Crippen LogP contribution in [0.25, 0.3) is 11.3 Å². The number of nitrogens with zero attached hydrogens (tertiary/aromatic N) is 2. The molecule has 0 radical (unpaired) electrons. The van der Waals surface area contributed by atoms with Gasteiger partial charge in [-0.2, -0.15) is 5.26 Å². The van der Waals surface area contributed by atoms with E-state index >= 15 is 0 Å². The van der Waals surface area contributed by atoms with Crippen molar-refractivity contribution in [2.75, 3.05) is 0 Å². The molecular formula is C20H15N3O. The normalized spacial score (nSPS) is 9.96. The highest BCUT2D eigenvalue weighted by molar-refractivity contribution is 5.94. The summed E-state index contributed by atoms with van der Waals surface area (Å²) in [6, 6.07) is 22.3. The van der Waals surface area contributed by atoms with Gasteiger partial charge >= 0.3 is 0 Å². The third-order valence-corrected chi connectivity index (χ3v) is 3.64. The second-order valence-corrected chi connectivity index (χ2v) is 5.28. The van der Waals surface area contributed by atoms with Crippen molar-refractivity contribution >= 4 is 5.91 Å². The van der Waals surface area contributed by atoms with Crippen LogP contribution >= 0.6 is 0 Å². The van der Waals surface area contributed by atoms with E-state index < -0.39 is 0 Å². The summed E-state index contributed by atoms with van der Waals surface area (Å²) in [7, 11) is 0. The molecule has 1 aromatic heterocycles. The van der Waals surface area contributed by atoms with Gasteiger partial charge in [0.25, 0.3) is 5.91 Å². The van der Waals surface area contributed by atoms with Crippen LogP contribution in [-0.4, -0.2) is 10.9 Å². The number of aromatic nitrogens is 1. The molecule has 0 spiro atoms. The Kier molecular flexibility index (Phi) is 4.64. The largest absolute Gasteiger partial charge is 0.348 e. The van der Waals surface area contributed by atoms with Gasteiger partial charge in [0.2, 0.25) is 0 Å². The lowest BCUT2D eigenvalue weighted by atomic mass is 10.1. The summed E-state index contributed by atoms with van der Waals surface area (Å²) in [5.41, 5.74) is 4.01. The molecule has 24 heavy (non-hydrogen) atoms. The van der Waals surface area contributed by atoms with Crippen LogP contribution in [0.2, 0.25) is 0 Å². The van der Waals surface area contributed by atoms with Crippen LogP contribution in [0.4, 0.5) is 0 Å². The maximum absolute atomic E-state index is 12.2. The first-order valence-electron chi connectivity index (χ1n) is 7.55. The van der Waals surface area contributed by atoms with Gasteiger partial charge in [-0.05, 0) is 42.0 Å². The molecule has 0 saturated heterocycles. The van der Waals surface area contributed by atoms with Crippen molar-refractivity contribution < 1.29 is 4.79 Å². The highest BCUT2D eigenvalue weighted by atomic mass is 16.1. The fraction of sp³-hybridized carbons (Fsp3) is 0.0500. The van der Waals surface area contributed by atoms with E-state index in [2.05, 4.69) is 16.4 Å². The Hall–Kier alpha value is -3.45. The van der Waals surface area contributed by atoms with E-state index in [-0.39, 0.29) is 5.91 Å². The lowest BCUT2D eigenvalue weighted by Gasteiger charge is -2.06. The Bertz CT molecular complexity index is 864. The zero-order valence-corrected chi connectivity index (χ0v) is 12.9. The molecule has 0 atom stereocenters. The average molecular weight is 313 g/mol. The number of benzene rings is 2. The van der Waals surface area contributed by atoms with Crippen molar-refractivity contribution in [3.63, 3.8) is 0 Å². The van der Waals surface area contributed by atoms with E-state index in [0.717, 1.165) is 16.8 Å². The number of rotatable bonds is 4. The highest BCUT2D eigenvalue weighted by Crippen LogP contribution is 2.16. The van der Waals surface area contributed by atoms with Gasteiger partial charge in [-0.15, -0.1) is 0 Å². The van der Waals surface area contributed by atoms with Crippen LogP contribution in [0.3, 0.4) is 0 Å². The summed E-state index contributed by atoms with van der Waals surface area (Å²) < 4.78 is 0. The molecule has 0 bridgehead atoms. The lowest BCUT2D eigenvalue weighted by Crippen LogP contribution is -2.22. The summed E-state index contributed by atoms with van der Waals surface area (Å²) in [6.07, 6.45) is 1.74. The monoisotopic (exact) mass is 313 g/mol. The molecule has 0 aliphatic heterocycles. The molecule has 1 heterocycles. The van der Waals surface area contributed by atoms with Crippen LogP contribution in [0.15, 0.2) is 72.9 Å². The van der Waals surface area contributed by atoms with E-state index in [1.807, 2.05) is 42.5 Å². The van der Waals surface area contributed by atoms with E-state index in [9.17, 15) is 4.79 Å². The van der Waals surface area contributed by atoms with Crippen LogP contribution in [-0.2, 0) is 6.54 Å². The molecule has 116 valence electrons. The Balaban J connectivity index is 1.63. The molecule has 1 N–H and O–H groups in total. The zero-order valence-electron chi connectivity index (χ0n) is 12.9. The van der Waals surface area contributed by atoms with Gasteiger partial charge in [0.1, 0.15) is 0 Å². The van der Waals surface area contributed by atoms with Gasteiger partial charge in [0.05, 0.1) is 17.3 Å². The first kappa shape index (κ1) is 15.4. The molecule has 3 aromatic rings. The molecule has 2 aromatic carbocycles. The minimum absolute atomic E-state index is 0.132. The second kappa shape index (κ2) is 7.21. The maximum atomic E-state index is 12.2. The molecule has 0 aliphatic carbocycles. The summed E-state index contributed by atoms with van der Waals surface area (Å²) in [6.45, 7) is 0.423. The van der Waals surface area contributed by atoms with Gasteiger partial charge in [0, 0.05) is 23.9 Å². The average Bonchev–Trinajstić information content (AvgIpc) is 2.67. The van der Waals surface area contributed by atoms with Crippen molar-refractivity contribution in [2.24, 2.45) is 0 Å². The van der Waals surface area contributed by atoms with Crippen molar-refractivity contribution in [1.29, 1.82) is 5.26 Å². The van der Waals surface area contributed by atoms with E-state index in [0.29, 0.717) is 17.7 Å². The molecule has 4 heteroatoms. The van der Waals surface area contributed by atoms with E-state index in [1.165, 1.54) is 0 Å². The highest BCUT2D eigenvalue weighted by Gasteiger charge is 2.06. The molecule has 0 unspecified atom stereocenters. The molecule has 3 rings (SSSR count).